The van der Waals surface area contributed by atoms with Gasteiger partial charge in [0, 0.05) is 12.3 Å². The van der Waals surface area contributed by atoms with Crippen LogP contribution in [0.2, 0.25) is 0 Å². The third-order valence-electron chi connectivity index (χ3n) is 2.35. The van der Waals surface area contributed by atoms with Crippen LogP contribution in [-0.2, 0) is 5.54 Å². The number of ether oxygens (including phenoxy) is 1. The maximum absolute atomic E-state index is 5.63. The standard InChI is InChI=1S/C13H24N2O/c1-12(2,3)8-10-16-11-7-9-15(14-11)13(4,5)6/h7,9H,8,10H2,1-6H3. The molecule has 0 saturated carbocycles. The van der Waals surface area contributed by atoms with Crippen molar-refractivity contribution >= 4 is 0 Å². The Labute approximate surface area is 98.8 Å². The van der Waals surface area contributed by atoms with Crippen LogP contribution in [0.3, 0.4) is 0 Å². The van der Waals surface area contributed by atoms with E-state index in [2.05, 4.69) is 46.6 Å². The van der Waals surface area contributed by atoms with Crippen molar-refractivity contribution in [1.29, 1.82) is 0 Å². The molecule has 1 rings (SSSR count). The van der Waals surface area contributed by atoms with E-state index >= 15 is 0 Å². The lowest BCUT2D eigenvalue weighted by molar-refractivity contribution is 0.230. The molecule has 0 aliphatic carbocycles. The van der Waals surface area contributed by atoms with Crippen LogP contribution < -0.4 is 4.74 Å². The Hall–Kier alpha value is -0.990. The normalized spacial score (nSPS) is 12.9. The van der Waals surface area contributed by atoms with Crippen molar-refractivity contribution in [2.24, 2.45) is 5.41 Å². The molecule has 3 heteroatoms. The minimum Gasteiger partial charge on any atom is -0.477 e. The number of nitrogens with zero attached hydrogens (tertiary/aromatic N) is 2. The molecule has 0 atom stereocenters. The Balaban J connectivity index is 2.48. The van der Waals surface area contributed by atoms with Crippen LogP contribution in [0.25, 0.3) is 0 Å². The Bertz CT molecular complexity index is 328. The summed E-state index contributed by atoms with van der Waals surface area (Å²) in [5.74, 6) is 0.721. The fourth-order valence-corrected chi connectivity index (χ4v) is 1.22. The highest BCUT2D eigenvalue weighted by atomic mass is 16.5. The second-order valence-electron chi connectivity index (χ2n) is 6.43. The van der Waals surface area contributed by atoms with Crippen LogP contribution in [-0.4, -0.2) is 16.4 Å². The molecule has 1 heterocycles. The molecule has 92 valence electrons. The highest BCUT2D eigenvalue weighted by Crippen LogP contribution is 2.20. The molecule has 1 aromatic rings. The largest absolute Gasteiger partial charge is 0.477 e. The summed E-state index contributed by atoms with van der Waals surface area (Å²) in [6.07, 6.45) is 3.00. The topological polar surface area (TPSA) is 27.1 Å². The molecule has 0 saturated heterocycles. The number of rotatable bonds is 3. The van der Waals surface area contributed by atoms with Gasteiger partial charge in [-0.15, -0.1) is 5.10 Å². The summed E-state index contributed by atoms with van der Waals surface area (Å²) < 4.78 is 7.56. The van der Waals surface area contributed by atoms with Crippen LogP contribution in [0.4, 0.5) is 0 Å². The van der Waals surface area contributed by atoms with E-state index < -0.39 is 0 Å². The molecule has 0 aliphatic heterocycles. The predicted molar refractivity (Wildman–Crippen MR) is 66.8 cm³/mol. The first-order chi connectivity index (χ1) is 7.18. The van der Waals surface area contributed by atoms with Crippen molar-refractivity contribution in [3.05, 3.63) is 12.3 Å². The highest BCUT2D eigenvalue weighted by molar-refractivity contribution is 5.06. The molecule has 0 amide bonds. The van der Waals surface area contributed by atoms with Crippen molar-refractivity contribution < 1.29 is 4.74 Å². The third kappa shape index (κ3) is 4.25. The van der Waals surface area contributed by atoms with Gasteiger partial charge in [0.05, 0.1) is 12.1 Å². The molecule has 0 unspecified atom stereocenters. The predicted octanol–water partition coefficient (Wildman–Crippen LogP) is 3.45. The number of hydrogen-bond acceptors (Lipinski definition) is 2. The van der Waals surface area contributed by atoms with E-state index in [1.54, 1.807) is 0 Å². The van der Waals surface area contributed by atoms with Gasteiger partial charge < -0.3 is 4.74 Å². The van der Waals surface area contributed by atoms with E-state index in [0.29, 0.717) is 5.41 Å². The van der Waals surface area contributed by atoms with Gasteiger partial charge in [0.1, 0.15) is 0 Å². The van der Waals surface area contributed by atoms with Crippen molar-refractivity contribution in [1.82, 2.24) is 9.78 Å². The first-order valence-electron chi connectivity index (χ1n) is 5.87. The minimum atomic E-state index is 0.0195. The van der Waals surface area contributed by atoms with Crippen LogP contribution in [0, 0.1) is 5.41 Å². The Kier molecular flexibility index (Phi) is 3.66. The number of aromatic nitrogens is 2. The van der Waals surface area contributed by atoms with Crippen molar-refractivity contribution in [3.8, 4) is 5.88 Å². The summed E-state index contributed by atoms with van der Waals surface area (Å²) >= 11 is 0. The second kappa shape index (κ2) is 4.48. The monoisotopic (exact) mass is 224 g/mol. The molecular weight excluding hydrogens is 200 g/mol. The maximum atomic E-state index is 5.63. The fraction of sp³-hybridized carbons (Fsp3) is 0.769. The second-order valence-corrected chi connectivity index (χ2v) is 6.43. The Morgan fingerprint density at radius 1 is 1.19 bits per heavy atom. The van der Waals surface area contributed by atoms with Crippen LogP contribution in [0.15, 0.2) is 12.3 Å². The minimum absolute atomic E-state index is 0.0195. The molecule has 1 aromatic heterocycles. The van der Waals surface area contributed by atoms with Gasteiger partial charge in [-0.05, 0) is 32.6 Å². The van der Waals surface area contributed by atoms with Gasteiger partial charge in [-0.1, -0.05) is 20.8 Å². The molecule has 0 fully saturated rings. The molecular formula is C13H24N2O. The molecule has 0 spiro atoms. The molecule has 16 heavy (non-hydrogen) atoms. The van der Waals surface area contributed by atoms with Crippen LogP contribution in [0.1, 0.15) is 48.0 Å². The van der Waals surface area contributed by atoms with Gasteiger partial charge in [0.15, 0.2) is 0 Å². The van der Waals surface area contributed by atoms with Crippen molar-refractivity contribution in [2.75, 3.05) is 6.61 Å². The molecule has 3 nitrogen and oxygen atoms in total. The van der Waals surface area contributed by atoms with Crippen molar-refractivity contribution in [3.63, 3.8) is 0 Å². The summed E-state index contributed by atoms with van der Waals surface area (Å²) in [5, 5.41) is 4.40. The summed E-state index contributed by atoms with van der Waals surface area (Å²) in [6, 6.07) is 1.92. The van der Waals surface area contributed by atoms with Gasteiger partial charge in [-0.2, -0.15) is 0 Å². The Morgan fingerprint density at radius 2 is 1.81 bits per heavy atom. The molecule has 0 aliphatic rings. The van der Waals surface area contributed by atoms with E-state index in [0.717, 1.165) is 18.9 Å². The lowest BCUT2D eigenvalue weighted by atomic mass is 9.93. The van der Waals surface area contributed by atoms with Crippen LogP contribution in [0.5, 0.6) is 5.88 Å². The zero-order valence-corrected chi connectivity index (χ0v) is 11.4. The van der Waals surface area contributed by atoms with Crippen molar-refractivity contribution in [2.45, 2.75) is 53.5 Å². The van der Waals surface area contributed by atoms with Gasteiger partial charge in [0.2, 0.25) is 5.88 Å². The Morgan fingerprint density at radius 3 is 2.25 bits per heavy atom. The molecule has 0 aromatic carbocycles. The lowest BCUT2D eigenvalue weighted by Crippen LogP contribution is -2.22. The van der Waals surface area contributed by atoms with Gasteiger partial charge in [-0.25, -0.2) is 0 Å². The summed E-state index contributed by atoms with van der Waals surface area (Å²) in [7, 11) is 0. The SMILES string of the molecule is CC(C)(C)CCOc1ccn(C(C)(C)C)n1. The summed E-state index contributed by atoms with van der Waals surface area (Å²) in [4.78, 5) is 0. The zero-order chi connectivity index (χ0) is 12.4. The van der Waals surface area contributed by atoms with Gasteiger partial charge >= 0.3 is 0 Å². The number of hydrogen-bond donors (Lipinski definition) is 0. The molecule has 0 bridgehead atoms. The zero-order valence-electron chi connectivity index (χ0n) is 11.4. The van der Waals surface area contributed by atoms with E-state index in [1.807, 2.05) is 16.9 Å². The van der Waals surface area contributed by atoms with E-state index in [9.17, 15) is 0 Å². The average Bonchev–Trinajstić information content (AvgIpc) is 2.49. The van der Waals surface area contributed by atoms with E-state index in [4.69, 9.17) is 4.74 Å². The van der Waals surface area contributed by atoms with Crippen LogP contribution >= 0.6 is 0 Å². The smallest absolute Gasteiger partial charge is 0.232 e. The summed E-state index contributed by atoms with van der Waals surface area (Å²) in [5.41, 5.74) is 0.332. The average molecular weight is 224 g/mol. The first kappa shape index (κ1) is 13.1. The van der Waals surface area contributed by atoms with Gasteiger partial charge in [0.25, 0.3) is 0 Å². The first-order valence-corrected chi connectivity index (χ1v) is 5.87. The third-order valence-corrected chi connectivity index (χ3v) is 2.35. The highest BCUT2D eigenvalue weighted by Gasteiger charge is 2.15. The maximum Gasteiger partial charge on any atom is 0.232 e. The van der Waals surface area contributed by atoms with E-state index in [-0.39, 0.29) is 5.54 Å². The fourth-order valence-electron chi connectivity index (χ4n) is 1.22. The lowest BCUT2D eigenvalue weighted by Gasteiger charge is -2.19. The molecule has 0 radical (unpaired) electrons. The van der Waals surface area contributed by atoms with E-state index in [1.165, 1.54) is 0 Å². The van der Waals surface area contributed by atoms with Gasteiger partial charge in [-0.3, -0.25) is 4.68 Å². The quantitative estimate of drug-likeness (QED) is 0.786. The molecule has 0 N–H and O–H groups in total. The summed E-state index contributed by atoms with van der Waals surface area (Å²) in [6.45, 7) is 13.7.